The number of hydrogen-bond donors (Lipinski definition) is 0. The van der Waals surface area contributed by atoms with Crippen LogP contribution in [0.15, 0.2) is 48.5 Å². The molecule has 0 unspecified atom stereocenters. The minimum atomic E-state index is -0.177. The summed E-state index contributed by atoms with van der Waals surface area (Å²) in [5.74, 6) is -0.177. The van der Waals surface area contributed by atoms with Gasteiger partial charge in [-0.15, -0.1) is 0 Å². The van der Waals surface area contributed by atoms with Gasteiger partial charge in [-0.3, -0.25) is 4.79 Å². The summed E-state index contributed by atoms with van der Waals surface area (Å²) in [6, 6.07) is 16.4. The molecule has 2 aromatic rings. The van der Waals surface area contributed by atoms with Crippen LogP contribution in [-0.4, -0.2) is 12.6 Å². The first-order valence-electron chi connectivity index (χ1n) is 6.50. The van der Waals surface area contributed by atoms with Gasteiger partial charge in [-0.2, -0.15) is 0 Å². The third-order valence-corrected chi connectivity index (χ3v) is 2.97. The average Bonchev–Trinajstić information content (AvgIpc) is 2.40. The minimum absolute atomic E-state index is 0.177. The number of aryl methyl sites for hydroxylation is 1. The van der Waals surface area contributed by atoms with Crippen LogP contribution < -0.4 is 0 Å². The van der Waals surface area contributed by atoms with Gasteiger partial charge in [0.1, 0.15) is 0 Å². The van der Waals surface area contributed by atoms with Gasteiger partial charge in [-0.1, -0.05) is 54.1 Å². The number of hydrogen-bond acceptors (Lipinski definition) is 2. The normalized spacial score (nSPS) is 10.2. The second-order valence-corrected chi connectivity index (χ2v) is 4.55. The van der Waals surface area contributed by atoms with Crippen molar-refractivity contribution in [2.75, 3.05) is 6.61 Å². The monoisotopic (exact) mass is 254 g/mol. The molecule has 0 aliphatic carbocycles. The molecule has 0 N–H and O–H groups in total. The van der Waals surface area contributed by atoms with Crippen LogP contribution in [0.5, 0.6) is 0 Å². The largest absolute Gasteiger partial charge is 0.466 e. The van der Waals surface area contributed by atoms with Gasteiger partial charge in [0.15, 0.2) is 0 Å². The lowest BCUT2D eigenvalue weighted by atomic mass is 10.0. The second-order valence-electron chi connectivity index (χ2n) is 4.55. The fraction of sp³-hybridized carbons (Fsp3) is 0.235. The van der Waals surface area contributed by atoms with Crippen LogP contribution in [0.1, 0.15) is 18.1 Å². The summed E-state index contributed by atoms with van der Waals surface area (Å²) in [5.41, 5.74) is 4.51. The molecule has 0 aliphatic heterocycles. The van der Waals surface area contributed by atoms with Gasteiger partial charge in [0.05, 0.1) is 13.0 Å². The van der Waals surface area contributed by atoms with Gasteiger partial charge >= 0.3 is 5.97 Å². The van der Waals surface area contributed by atoms with Gasteiger partial charge in [0.25, 0.3) is 0 Å². The zero-order chi connectivity index (χ0) is 13.7. The Balaban J connectivity index is 2.19. The van der Waals surface area contributed by atoms with E-state index in [9.17, 15) is 4.79 Å². The van der Waals surface area contributed by atoms with Gasteiger partial charge in [-0.05, 0) is 30.5 Å². The minimum Gasteiger partial charge on any atom is -0.466 e. The van der Waals surface area contributed by atoms with E-state index in [1.165, 1.54) is 5.56 Å². The Morgan fingerprint density at radius 2 is 1.79 bits per heavy atom. The lowest BCUT2D eigenvalue weighted by Gasteiger charge is -2.06. The molecule has 0 radical (unpaired) electrons. The Bertz CT molecular complexity index is 556. The van der Waals surface area contributed by atoms with Crippen LogP contribution >= 0.6 is 0 Å². The highest BCUT2D eigenvalue weighted by molar-refractivity contribution is 5.74. The molecule has 19 heavy (non-hydrogen) atoms. The highest BCUT2D eigenvalue weighted by atomic mass is 16.5. The number of carbonyl (C=O) groups is 1. The van der Waals surface area contributed by atoms with E-state index in [1.807, 2.05) is 25.1 Å². The van der Waals surface area contributed by atoms with Crippen molar-refractivity contribution in [2.45, 2.75) is 20.3 Å². The van der Waals surface area contributed by atoms with E-state index in [0.717, 1.165) is 16.7 Å². The summed E-state index contributed by atoms with van der Waals surface area (Å²) in [6.45, 7) is 4.32. The quantitative estimate of drug-likeness (QED) is 0.776. The molecule has 0 aromatic heterocycles. The van der Waals surface area contributed by atoms with Crippen LogP contribution in [-0.2, 0) is 16.0 Å². The van der Waals surface area contributed by atoms with Crippen molar-refractivity contribution in [2.24, 2.45) is 0 Å². The van der Waals surface area contributed by atoms with E-state index in [1.54, 1.807) is 0 Å². The highest BCUT2D eigenvalue weighted by Gasteiger charge is 2.05. The lowest BCUT2D eigenvalue weighted by molar-refractivity contribution is -0.142. The van der Waals surface area contributed by atoms with E-state index in [-0.39, 0.29) is 5.97 Å². The zero-order valence-corrected chi connectivity index (χ0v) is 11.3. The van der Waals surface area contributed by atoms with Crippen LogP contribution in [0.3, 0.4) is 0 Å². The molecular weight excluding hydrogens is 236 g/mol. The maximum Gasteiger partial charge on any atom is 0.310 e. The Morgan fingerprint density at radius 3 is 2.47 bits per heavy atom. The summed E-state index contributed by atoms with van der Waals surface area (Å²) in [4.78, 5) is 11.5. The summed E-state index contributed by atoms with van der Waals surface area (Å²) < 4.78 is 4.97. The van der Waals surface area contributed by atoms with Crippen molar-refractivity contribution < 1.29 is 9.53 Å². The summed E-state index contributed by atoms with van der Waals surface area (Å²) in [7, 11) is 0. The molecule has 2 nitrogen and oxygen atoms in total. The maximum absolute atomic E-state index is 11.5. The molecule has 0 aliphatic rings. The Labute approximate surface area is 114 Å². The SMILES string of the molecule is CCOC(=O)Cc1cccc(-c2ccc(C)cc2)c1. The van der Waals surface area contributed by atoms with Crippen molar-refractivity contribution >= 4 is 5.97 Å². The first-order chi connectivity index (χ1) is 9.19. The summed E-state index contributed by atoms with van der Waals surface area (Å²) >= 11 is 0. The van der Waals surface area contributed by atoms with Crippen LogP contribution in [0, 0.1) is 6.92 Å². The lowest BCUT2D eigenvalue weighted by Crippen LogP contribution is -2.07. The maximum atomic E-state index is 11.5. The molecule has 0 saturated heterocycles. The van der Waals surface area contributed by atoms with Gasteiger partial charge in [-0.25, -0.2) is 0 Å². The van der Waals surface area contributed by atoms with Gasteiger partial charge in [0.2, 0.25) is 0 Å². The van der Waals surface area contributed by atoms with Crippen molar-refractivity contribution in [1.82, 2.24) is 0 Å². The first-order valence-corrected chi connectivity index (χ1v) is 6.50. The smallest absolute Gasteiger partial charge is 0.310 e. The molecule has 2 aromatic carbocycles. The molecule has 0 atom stereocenters. The van der Waals surface area contributed by atoms with Gasteiger partial charge in [0, 0.05) is 0 Å². The van der Waals surface area contributed by atoms with E-state index in [4.69, 9.17) is 4.74 Å². The summed E-state index contributed by atoms with van der Waals surface area (Å²) in [6.07, 6.45) is 0.327. The fourth-order valence-electron chi connectivity index (χ4n) is 1.99. The van der Waals surface area contributed by atoms with E-state index in [0.29, 0.717) is 13.0 Å². The predicted molar refractivity (Wildman–Crippen MR) is 77.0 cm³/mol. The average molecular weight is 254 g/mol. The molecule has 2 heteroatoms. The second kappa shape index (κ2) is 6.19. The molecule has 98 valence electrons. The number of carbonyl (C=O) groups excluding carboxylic acids is 1. The third-order valence-electron chi connectivity index (χ3n) is 2.97. The molecule has 0 fully saturated rings. The fourth-order valence-corrected chi connectivity index (χ4v) is 1.99. The Hall–Kier alpha value is -2.09. The predicted octanol–water partition coefficient (Wildman–Crippen LogP) is 3.77. The van der Waals surface area contributed by atoms with Crippen LogP contribution in [0.2, 0.25) is 0 Å². The zero-order valence-electron chi connectivity index (χ0n) is 11.3. The molecule has 0 bridgehead atoms. The molecule has 0 saturated carbocycles. The number of ether oxygens (including phenoxy) is 1. The van der Waals surface area contributed by atoms with Crippen molar-refractivity contribution in [3.63, 3.8) is 0 Å². The van der Waals surface area contributed by atoms with E-state index in [2.05, 4.69) is 37.3 Å². The Morgan fingerprint density at radius 1 is 1.05 bits per heavy atom. The van der Waals surface area contributed by atoms with Crippen molar-refractivity contribution in [3.8, 4) is 11.1 Å². The molecular formula is C17H18O2. The van der Waals surface area contributed by atoms with E-state index >= 15 is 0 Å². The van der Waals surface area contributed by atoms with Crippen molar-refractivity contribution in [1.29, 1.82) is 0 Å². The van der Waals surface area contributed by atoms with Gasteiger partial charge < -0.3 is 4.74 Å². The molecule has 0 spiro atoms. The Kier molecular flexibility index (Phi) is 4.35. The van der Waals surface area contributed by atoms with E-state index < -0.39 is 0 Å². The van der Waals surface area contributed by atoms with Crippen LogP contribution in [0.25, 0.3) is 11.1 Å². The topological polar surface area (TPSA) is 26.3 Å². The highest BCUT2D eigenvalue weighted by Crippen LogP contribution is 2.21. The summed E-state index contributed by atoms with van der Waals surface area (Å²) in [5, 5.41) is 0. The number of esters is 1. The number of rotatable bonds is 4. The standard InChI is InChI=1S/C17H18O2/c1-3-19-17(18)12-14-5-4-6-16(11-14)15-9-7-13(2)8-10-15/h4-11H,3,12H2,1-2H3. The molecule has 0 heterocycles. The van der Waals surface area contributed by atoms with Crippen molar-refractivity contribution in [3.05, 3.63) is 59.7 Å². The number of benzene rings is 2. The molecule has 0 amide bonds. The molecule has 2 rings (SSSR count). The van der Waals surface area contributed by atoms with Crippen LogP contribution in [0.4, 0.5) is 0 Å². The third kappa shape index (κ3) is 3.68. The first kappa shape index (κ1) is 13.3.